The van der Waals surface area contributed by atoms with Gasteiger partial charge in [0.2, 0.25) is 0 Å². The molecular formula is C15H19N3O2S. The van der Waals surface area contributed by atoms with Crippen LogP contribution in [0.5, 0.6) is 0 Å². The fourth-order valence-electron chi connectivity index (χ4n) is 2.68. The molecule has 1 saturated heterocycles. The normalized spacial score (nSPS) is 16.4. The largest absolute Gasteiger partial charge is 0.361 e. The number of aromatic nitrogens is 1. The number of carbonyl (C=O) groups is 1. The number of piperazine rings is 1. The summed E-state index contributed by atoms with van der Waals surface area (Å²) in [5, 5.41) is 5.97. The summed E-state index contributed by atoms with van der Waals surface area (Å²) in [6, 6.07) is 4.24. The van der Waals surface area contributed by atoms with Crippen molar-refractivity contribution in [3.63, 3.8) is 0 Å². The van der Waals surface area contributed by atoms with Crippen molar-refractivity contribution in [1.29, 1.82) is 0 Å². The van der Waals surface area contributed by atoms with Crippen LogP contribution in [0, 0.1) is 13.8 Å². The van der Waals surface area contributed by atoms with E-state index in [4.69, 9.17) is 4.52 Å². The molecule has 6 heteroatoms. The van der Waals surface area contributed by atoms with Gasteiger partial charge in [-0.3, -0.25) is 9.69 Å². The number of hydrogen-bond donors (Lipinski definition) is 0. The van der Waals surface area contributed by atoms with E-state index in [1.165, 1.54) is 4.88 Å². The van der Waals surface area contributed by atoms with Crippen LogP contribution < -0.4 is 0 Å². The van der Waals surface area contributed by atoms with Crippen molar-refractivity contribution in [2.24, 2.45) is 0 Å². The highest BCUT2D eigenvalue weighted by Crippen LogP contribution is 2.18. The van der Waals surface area contributed by atoms with Crippen LogP contribution in [0.25, 0.3) is 0 Å². The Morgan fingerprint density at radius 1 is 1.33 bits per heavy atom. The van der Waals surface area contributed by atoms with Crippen LogP contribution in [0.3, 0.4) is 0 Å². The molecule has 3 rings (SSSR count). The summed E-state index contributed by atoms with van der Waals surface area (Å²) < 4.78 is 5.09. The Balaban J connectivity index is 1.59. The summed E-state index contributed by atoms with van der Waals surface area (Å²) in [6.07, 6.45) is 0. The molecule has 0 atom stereocenters. The zero-order valence-corrected chi connectivity index (χ0v) is 13.2. The van der Waals surface area contributed by atoms with Crippen molar-refractivity contribution in [2.75, 3.05) is 26.2 Å². The summed E-state index contributed by atoms with van der Waals surface area (Å²) in [5.41, 5.74) is 1.31. The second kappa shape index (κ2) is 5.99. The van der Waals surface area contributed by atoms with Crippen molar-refractivity contribution in [1.82, 2.24) is 15.0 Å². The quantitative estimate of drug-likeness (QED) is 0.873. The van der Waals surface area contributed by atoms with Gasteiger partial charge in [-0.25, -0.2) is 0 Å². The van der Waals surface area contributed by atoms with Crippen molar-refractivity contribution >= 4 is 17.2 Å². The van der Waals surface area contributed by atoms with E-state index in [1.807, 2.05) is 11.8 Å². The summed E-state index contributed by atoms with van der Waals surface area (Å²) >= 11 is 1.78. The molecule has 21 heavy (non-hydrogen) atoms. The Labute approximate surface area is 128 Å². The highest BCUT2D eigenvalue weighted by molar-refractivity contribution is 7.09. The first kappa shape index (κ1) is 14.3. The molecule has 1 amide bonds. The number of rotatable bonds is 3. The van der Waals surface area contributed by atoms with E-state index in [2.05, 4.69) is 27.6 Å². The highest BCUT2D eigenvalue weighted by atomic mass is 32.1. The number of thiophene rings is 1. The Kier molecular flexibility index (Phi) is 4.07. The summed E-state index contributed by atoms with van der Waals surface area (Å²) in [7, 11) is 0. The topological polar surface area (TPSA) is 49.6 Å². The minimum atomic E-state index is 0.0435. The van der Waals surface area contributed by atoms with Gasteiger partial charge >= 0.3 is 0 Å². The maximum absolute atomic E-state index is 12.5. The zero-order valence-electron chi connectivity index (χ0n) is 12.3. The second-order valence-electron chi connectivity index (χ2n) is 5.35. The van der Waals surface area contributed by atoms with E-state index in [1.54, 1.807) is 18.3 Å². The van der Waals surface area contributed by atoms with Crippen LogP contribution in [-0.2, 0) is 6.54 Å². The number of aryl methyl sites for hydroxylation is 2. The van der Waals surface area contributed by atoms with Crippen LogP contribution in [0.4, 0.5) is 0 Å². The van der Waals surface area contributed by atoms with Gasteiger partial charge in [-0.05, 0) is 25.3 Å². The maximum atomic E-state index is 12.5. The molecule has 0 radical (unpaired) electrons. The number of hydrogen-bond acceptors (Lipinski definition) is 5. The molecule has 0 aliphatic carbocycles. The van der Waals surface area contributed by atoms with Crippen molar-refractivity contribution < 1.29 is 9.32 Å². The van der Waals surface area contributed by atoms with Gasteiger partial charge in [0.1, 0.15) is 11.3 Å². The van der Waals surface area contributed by atoms with Crippen LogP contribution in [0.15, 0.2) is 22.0 Å². The lowest BCUT2D eigenvalue weighted by molar-refractivity contribution is 0.0627. The summed E-state index contributed by atoms with van der Waals surface area (Å²) in [5.74, 6) is 0.653. The number of carbonyl (C=O) groups excluding carboxylic acids is 1. The van der Waals surface area contributed by atoms with Crippen LogP contribution in [-0.4, -0.2) is 47.0 Å². The molecule has 0 aromatic carbocycles. The standard InChI is InChI=1S/C15H19N3O2S/c1-11-14(12(2)20-16-11)15(19)18-7-5-17(6-8-18)10-13-4-3-9-21-13/h3-4,9H,5-8,10H2,1-2H3. The third-order valence-corrected chi connectivity index (χ3v) is 4.73. The Hall–Kier alpha value is -1.66. The molecule has 112 valence electrons. The molecule has 5 nitrogen and oxygen atoms in total. The molecule has 0 saturated carbocycles. The van der Waals surface area contributed by atoms with Crippen molar-refractivity contribution in [2.45, 2.75) is 20.4 Å². The molecule has 0 bridgehead atoms. The van der Waals surface area contributed by atoms with E-state index < -0.39 is 0 Å². The predicted molar refractivity (Wildman–Crippen MR) is 81.5 cm³/mol. The SMILES string of the molecule is Cc1noc(C)c1C(=O)N1CCN(Cc2cccs2)CC1. The number of amides is 1. The van der Waals surface area contributed by atoms with Gasteiger partial charge in [0.05, 0.1) is 5.69 Å². The van der Waals surface area contributed by atoms with E-state index in [0.29, 0.717) is 17.0 Å². The van der Waals surface area contributed by atoms with E-state index in [-0.39, 0.29) is 5.91 Å². The first-order chi connectivity index (χ1) is 10.1. The third-order valence-electron chi connectivity index (χ3n) is 3.87. The van der Waals surface area contributed by atoms with Gasteiger partial charge < -0.3 is 9.42 Å². The smallest absolute Gasteiger partial charge is 0.259 e. The molecule has 0 spiro atoms. The van der Waals surface area contributed by atoms with Gasteiger partial charge in [0, 0.05) is 37.6 Å². The number of nitrogens with zero attached hydrogens (tertiary/aromatic N) is 3. The predicted octanol–water partition coefficient (Wildman–Crippen LogP) is 2.31. The lowest BCUT2D eigenvalue weighted by Crippen LogP contribution is -2.48. The minimum absolute atomic E-state index is 0.0435. The molecule has 0 N–H and O–H groups in total. The van der Waals surface area contributed by atoms with Crippen LogP contribution in [0.1, 0.15) is 26.7 Å². The lowest BCUT2D eigenvalue weighted by atomic mass is 10.1. The molecule has 1 aliphatic rings. The van der Waals surface area contributed by atoms with Gasteiger partial charge in [0.25, 0.3) is 5.91 Å². The zero-order chi connectivity index (χ0) is 14.8. The van der Waals surface area contributed by atoms with Gasteiger partial charge in [-0.15, -0.1) is 11.3 Å². The average molecular weight is 305 g/mol. The molecule has 1 aliphatic heterocycles. The lowest BCUT2D eigenvalue weighted by Gasteiger charge is -2.34. The fourth-order valence-corrected chi connectivity index (χ4v) is 3.42. The Morgan fingerprint density at radius 2 is 2.10 bits per heavy atom. The molecule has 3 heterocycles. The van der Waals surface area contributed by atoms with E-state index in [0.717, 1.165) is 32.7 Å². The minimum Gasteiger partial charge on any atom is -0.361 e. The molecule has 1 fully saturated rings. The first-order valence-corrected chi connectivity index (χ1v) is 8.00. The van der Waals surface area contributed by atoms with Crippen molar-refractivity contribution in [3.8, 4) is 0 Å². The van der Waals surface area contributed by atoms with E-state index in [9.17, 15) is 4.79 Å². The fraction of sp³-hybridized carbons (Fsp3) is 0.467. The van der Waals surface area contributed by atoms with Crippen LogP contribution in [0.2, 0.25) is 0 Å². The molecule has 0 unspecified atom stereocenters. The Morgan fingerprint density at radius 3 is 2.67 bits per heavy atom. The second-order valence-corrected chi connectivity index (χ2v) is 6.38. The molecular weight excluding hydrogens is 286 g/mol. The van der Waals surface area contributed by atoms with Crippen molar-refractivity contribution in [3.05, 3.63) is 39.4 Å². The van der Waals surface area contributed by atoms with Gasteiger partial charge in [0.15, 0.2) is 0 Å². The monoisotopic (exact) mass is 305 g/mol. The Bertz CT molecular complexity index is 593. The molecule has 2 aromatic heterocycles. The average Bonchev–Trinajstić information content (AvgIpc) is 3.09. The first-order valence-electron chi connectivity index (χ1n) is 7.12. The highest BCUT2D eigenvalue weighted by Gasteiger charge is 2.26. The van der Waals surface area contributed by atoms with Gasteiger partial charge in [-0.1, -0.05) is 11.2 Å². The molecule has 2 aromatic rings. The van der Waals surface area contributed by atoms with E-state index >= 15 is 0 Å². The van der Waals surface area contributed by atoms with Gasteiger partial charge in [-0.2, -0.15) is 0 Å². The maximum Gasteiger partial charge on any atom is 0.259 e. The third kappa shape index (κ3) is 3.01. The van der Waals surface area contributed by atoms with Crippen LogP contribution >= 0.6 is 11.3 Å². The summed E-state index contributed by atoms with van der Waals surface area (Å²) in [6.45, 7) is 7.92. The summed E-state index contributed by atoms with van der Waals surface area (Å²) in [4.78, 5) is 18.2.